The van der Waals surface area contributed by atoms with Gasteiger partial charge >= 0.3 is 0 Å². The van der Waals surface area contributed by atoms with Crippen molar-refractivity contribution in [1.82, 2.24) is 0 Å². The lowest BCUT2D eigenvalue weighted by Gasteiger charge is -2.13. The zero-order valence-electron chi connectivity index (χ0n) is 14.3. The molecule has 0 aromatic heterocycles. The first-order valence-electron chi connectivity index (χ1n) is 8.53. The van der Waals surface area contributed by atoms with Crippen LogP contribution in [0.3, 0.4) is 0 Å². The second-order valence-electron chi connectivity index (χ2n) is 6.24. The lowest BCUT2D eigenvalue weighted by Crippen LogP contribution is -1.88. The maximum Gasteiger partial charge on any atom is 0.0484 e. The SMILES string of the molecule is Clc1ccccc1-c1cc(-c2ccccc2Cl)cc(-c2ccccc2Cl)c1. The molecule has 0 bridgehead atoms. The predicted molar refractivity (Wildman–Crippen MR) is 118 cm³/mol. The van der Waals surface area contributed by atoms with Crippen molar-refractivity contribution in [2.75, 3.05) is 0 Å². The third-order valence-electron chi connectivity index (χ3n) is 4.49. The number of hydrogen-bond donors (Lipinski definition) is 0. The molecule has 0 aliphatic carbocycles. The summed E-state index contributed by atoms with van der Waals surface area (Å²) in [5.74, 6) is 0. The highest BCUT2D eigenvalue weighted by Crippen LogP contribution is 2.38. The average molecular weight is 410 g/mol. The molecule has 0 fully saturated rings. The molecular weight excluding hydrogens is 395 g/mol. The van der Waals surface area contributed by atoms with Gasteiger partial charge in [-0.3, -0.25) is 0 Å². The van der Waals surface area contributed by atoms with E-state index in [1.165, 1.54) is 0 Å². The molecular formula is C24H15Cl3. The Bertz CT molecular complexity index is 962. The minimum absolute atomic E-state index is 0.707. The number of benzene rings is 4. The molecule has 4 aromatic carbocycles. The van der Waals surface area contributed by atoms with Crippen molar-refractivity contribution in [3.05, 3.63) is 106 Å². The molecule has 0 unspecified atom stereocenters. The molecule has 0 aliphatic rings. The Balaban J connectivity index is 1.99. The van der Waals surface area contributed by atoms with Gasteiger partial charge in [-0.25, -0.2) is 0 Å². The smallest absolute Gasteiger partial charge is 0.0484 e. The van der Waals surface area contributed by atoms with Gasteiger partial charge in [-0.15, -0.1) is 0 Å². The quantitative estimate of drug-likeness (QED) is 0.317. The van der Waals surface area contributed by atoms with Gasteiger partial charge in [0.05, 0.1) is 0 Å². The largest absolute Gasteiger partial charge is 0.0837 e. The highest BCUT2D eigenvalue weighted by molar-refractivity contribution is 6.34. The molecule has 0 heterocycles. The van der Waals surface area contributed by atoms with Crippen molar-refractivity contribution in [3.63, 3.8) is 0 Å². The van der Waals surface area contributed by atoms with Crippen LogP contribution in [-0.4, -0.2) is 0 Å². The highest BCUT2D eigenvalue weighted by Gasteiger charge is 2.12. The molecule has 0 atom stereocenters. The number of hydrogen-bond acceptors (Lipinski definition) is 0. The molecule has 0 amide bonds. The summed E-state index contributed by atoms with van der Waals surface area (Å²) >= 11 is 19.4. The lowest BCUT2D eigenvalue weighted by atomic mass is 9.93. The van der Waals surface area contributed by atoms with Gasteiger partial charge in [0, 0.05) is 31.8 Å². The summed E-state index contributed by atoms with van der Waals surface area (Å²) in [6.45, 7) is 0. The fourth-order valence-electron chi connectivity index (χ4n) is 3.18. The molecule has 132 valence electrons. The Labute approximate surface area is 174 Å². The summed E-state index contributed by atoms with van der Waals surface area (Å²) in [4.78, 5) is 0. The summed E-state index contributed by atoms with van der Waals surface area (Å²) in [6.07, 6.45) is 0. The standard InChI is InChI=1S/C24H15Cl3/c25-22-10-4-1-7-19(22)16-13-17(20-8-2-5-11-23(20)26)15-18(14-16)21-9-3-6-12-24(21)27/h1-15H. The van der Waals surface area contributed by atoms with Crippen LogP contribution >= 0.6 is 34.8 Å². The molecule has 0 saturated carbocycles. The van der Waals surface area contributed by atoms with Gasteiger partial charge in [0.2, 0.25) is 0 Å². The van der Waals surface area contributed by atoms with Gasteiger partial charge in [0.1, 0.15) is 0 Å². The topological polar surface area (TPSA) is 0 Å². The van der Waals surface area contributed by atoms with Crippen LogP contribution in [0.4, 0.5) is 0 Å². The zero-order chi connectivity index (χ0) is 18.8. The summed E-state index contributed by atoms with van der Waals surface area (Å²) in [5.41, 5.74) is 5.98. The first-order valence-corrected chi connectivity index (χ1v) is 9.66. The molecule has 0 radical (unpaired) electrons. The van der Waals surface area contributed by atoms with E-state index < -0.39 is 0 Å². The third kappa shape index (κ3) is 3.75. The van der Waals surface area contributed by atoms with E-state index in [1.54, 1.807) is 0 Å². The van der Waals surface area contributed by atoms with E-state index in [0.29, 0.717) is 15.1 Å². The Kier molecular flexibility index (Phi) is 5.22. The van der Waals surface area contributed by atoms with Crippen LogP contribution in [0.2, 0.25) is 15.1 Å². The van der Waals surface area contributed by atoms with Crippen LogP contribution in [0.15, 0.2) is 91.0 Å². The maximum atomic E-state index is 6.47. The van der Waals surface area contributed by atoms with E-state index in [1.807, 2.05) is 72.8 Å². The second kappa shape index (κ2) is 7.78. The Hall–Kier alpha value is -2.25. The zero-order valence-corrected chi connectivity index (χ0v) is 16.6. The van der Waals surface area contributed by atoms with E-state index in [2.05, 4.69) is 18.2 Å². The Morgan fingerprint density at radius 2 is 0.630 bits per heavy atom. The number of rotatable bonds is 3. The van der Waals surface area contributed by atoms with E-state index in [-0.39, 0.29) is 0 Å². The maximum absolute atomic E-state index is 6.47. The van der Waals surface area contributed by atoms with E-state index in [4.69, 9.17) is 34.8 Å². The fraction of sp³-hybridized carbons (Fsp3) is 0. The van der Waals surface area contributed by atoms with Gasteiger partial charge in [0.25, 0.3) is 0 Å². The second-order valence-corrected chi connectivity index (χ2v) is 7.46. The van der Waals surface area contributed by atoms with E-state index in [0.717, 1.165) is 33.4 Å². The molecule has 0 aliphatic heterocycles. The molecule has 0 nitrogen and oxygen atoms in total. The van der Waals surface area contributed by atoms with Crippen LogP contribution in [0, 0.1) is 0 Å². The fourth-order valence-corrected chi connectivity index (χ4v) is 3.91. The molecule has 0 spiro atoms. The van der Waals surface area contributed by atoms with Crippen LogP contribution in [0.25, 0.3) is 33.4 Å². The summed E-state index contributed by atoms with van der Waals surface area (Å²) in [7, 11) is 0. The minimum atomic E-state index is 0.707. The summed E-state index contributed by atoms with van der Waals surface area (Å²) < 4.78 is 0. The highest BCUT2D eigenvalue weighted by atomic mass is 35.5. The molecule has 0 saturated heterocycles. The summed E-state index contributed by atoms with van der Waals surface area (Å²) in [6, 6.07) is 29.8. The Morgan fingerprint density at radius 3 is 0.889 bits per heavy atom. The van der Waals surface area contributed by atoms with Gasteiger partial charge in [-0.1, -0.05) is 89.4 Å². The van der Waals surface area contributed by atoms with Crippen molar-refractivity contribution < 1.29 is 0 Å². The van der Waals surface area contributed by atoms with Crippen molar-refractivity contribution in [2.45, 2.75) is 0 Å². The van der Waals surface area contributed by atoms with E-state index >= 15 is 0 Å². The van der Waals surface area contributed by atoms with Gasteiger partial charge < -0.3 is 0 Å². The normalized spacial score (nSPS) is 10.8. The van der Waals surface area contributed by atoms with Crippen molar-refractivity contribution >= 4 is 34.8 Å². The van der Waals surface area contributed by atoms with Crippen molar-refractivity contribution in [1.29, 1.82) is 0 Å². The first-order chi connectivity index (χ1) is 13.1. The minimum Gasteiger partial charge on any atom is -0.0837 e. The van der Waals surface area contributed by atoms with Crippen molar-refractivity contribution in [2.24, 2.45) is 0 Å². The average Bonchev–Trinajstić information content (AvgIpc) is 2.69. The molecule has 0 N–H and O–H groups in total. The van der Waals surface area contributed by atoms with Crippen molar-refractivity contribution in [3.8, 4) is 33.4 Å². The first kappa shape index (κ1) is 18.1. The van der Waals surface area contributed by atoms with Crippen LogP contribution < -0.4 is 0 Å². The van der Waals surface area contributed by atoms with Crippen LogP contribution in [0.5, 0.6) is 0 Å². The van der Waals surface area contributed by atoms with Gasteiger partial charge in [-0.05, 0) is 53.1 Å². The summed E-state index contributed by atoms with van der Waals surface area (Å²) in [5, 5.41) is 2.12. The van der Waals surface area contributed by atoms with Crippen LogP contribution in [0.1, 0.15) is 0 Å². The third-order valence-corrected chi connectivity index (χ3v) is 5.48. The predicted octanol–water partition coefficient (Wildman–Crippen LogP) is 8.65. The lowest BCUT2D eigenvalue weighted by molar-refractivity contribution is 1.56. The van der Waals surface area contributed by atoms with Gasteiger partial charge in [-0.2, -0.15) is 0 Å². The molecule has 4 aromatic rings. The van der Waals surface area contributed by atoms with Crippen LogP contribution in [-0.2, 0) is 0 Å². The molecule has 3 heteroatoms. The Morgan fingerprint density at radius 1 is 0.370 bits per heavy atom. The molecule has 4 rings (SSSR count). The van der Waals surface area contributed by atoms with E-state index in [9.17, 15) is 0 Å². The molecule has 27 heavy (non-hydrogen) atoms. The monoisotopic (exact) mass is 408 g/mol. The van der Waals surface area contributed by atoms with Gasteiger partial charge in [0.15, 0.2) is 0 Å². The number of halogens is 3.